The summed E-state index contributed by atoms with van der Waals surface area (Å²) in [7, 11) is 2.58. The molecule has 6 heteroatoms. The van der Waals surface area contributed by atoms with Crippen LogP contribution in [-0.2, 0) is 35.0 Å². The number of esters is 2. The highest BCUT2D eigenvalue weighted by atomic mass is 16.7. The first-order valence-corrected chi connectivity index (χ1v) is 7.96. The van der Waals surface area contributed by atoms with Crippen LogP contribution in [0.1, 0.15) is 30.8 Å². The van der Waals surface area contributed by atoms with E-state index in [2.05, 4.69) is 0 Å². The molecule has 1 heterocycles. The van der Waals surface area contributed by atoms with Gasteiger partial charge in [0.15, 0.2) is 11.7 Å². The molecule has 1 aliphatic heterocycles. The smallest absolute Gasteiger partial charge is 0.323 e. The molecule has 3 rings (SSSR count). The second-order valence-corrected chi connectivity index (χ2v) is 6.58. The minimum Gasteiger partial charge on any atom is -0.468 e. The fourth-order valence-electron chi connectivity index (χ4n) is 3.71. The van der Waals surface area contributed by atoms with Crippen molar-refractivity contribution in [3.05, 3.63) is 35.4 Å². The summed E-state index contributed by atoms with van der Waals surface area (Å²) < 4.78 is 20.9. The quantitative estimate of drug-likeness (QED) is 0.606. The lowest BCUT2D eigenvalue weighted by molar-refractivity contribution is -0.163. The number of hydrogen-bond donors (Lipinski definition) is 0. The number of ether oxygens (including phenoxy) is 4. The third-order valence-corrected chi connectivity index (χ3v) is 5.14. The lowest BCUT2D eigenvalue weighted by atomic mass is 9.86. The monoisotopic (exact) mass is 334 g/mol. The first-order chi connectivity index (χ1) is 11.5. The van der Waals surface area contributed by atoms with Crippen molar-refractivity contribution < 1.29 is 28.5 Å². The largest absolute Gasteiger partial charge is 0.468 e. The van der Waals surface area contributed by atoms with Gasteiger partial charge in [-0.05, 0) is 18.4 Å². The van der Waals surface area contributed by atoms with Crippen molar-refractivity contribution in [2.75, 3.05) is 27.4 Å². The van der Waals surface area contributed by atoms with Gasteiger partial charge in [-0.2, -0.15) is 0 Å². The molecule has 1 aromatic rings. The Hall–Kier alpha value is -1.92. The maximum atomic E-state index is 12.3. The Morgan fingerprint density at radius 3 is 2.29 bits per heavy atom. The maximum Gasteiger partial charge on any atom is 0.323 e. The molecule has 0 amide bonds. The molecule has 0 radical (unpaired) electrons. The molecule has 1 aromatic carbocycles. The lowest BCUT2D eigenvalue weighted by Gasteiger charge is -2.21. The normalized spacial score (nSPS) is 25.3. The topological polar surface area (TPSA) is 71.1 Å². The summed E-state index contributed by atoms with van der Waals surface area (Å²) in [5.74, 6) is -1.08. The van der Waals surface area contributed by atoms with E-state index in [-0.39, 0.29) is 0 Å². The van der Waals surface area contributed by atoms with E-state index in [0.29, 0.717) is 26.1 Å². The van der Waals surface area contributed by atoms with E-state index < -0.39 is 29.1 Å². The molecule has 130 valence electrons. The van der Waals surface area contributed by atoms with E-state index in [4.69, 9.17) is 18.9 Å². The van der Waals surface area contributed by atoms with Crippen molar-refractivity contribution in [3.8, 4) is 0 Å². The molecule has 0 N–H and O–H groups in total. The lowest BCUT2D eigenvalue weighted by Crippen LogP contribution is -2.34. The number of carbonyl (C=O) groups is 2. The molecule has 1 atom stereocenters. The summed E-state index contributed by atoms with van der Waals surface area (Å²) in [5.41, 5.74) is 0.149. The van der Waals surface area contributed by atoms with Gasteiger partial charge < -0.3 is 18.9 Å². The molecule has 0 aromatic heterocycles. The fourth-order valence-corrected chi connectivity index (χ4v) is 3.71. The summed E-state index contributed by atoms with van der Waals surface area (Å²) in [6.07, 6.45) is 0.547. The third kappa shape index (κ3) is 2.50. The fraction of sp³-hybridized carbons (Fsp3) is 0.556. The van der Waals surface area contributed by atoms with Crippen LogP contribution in [0, 0.1) is 10.8 Å². The highest BCUT2D eigenvalue weighted by Gasteiger charge is 2.75. The standard InChI is InChI=1S/C18H22O6/c1-17(11-18(17,15(19)21-2)16(20)22-3)10-12-6-4-5-7-13(12)14-23-8-9-24-14/h4-7,14H,8-11H2,1-3H3. The molecule has 24 heavy (non-hydrogen) atoms. The first kappa shape index (κ1) is 16.9. The average molecular weight is 334 g/mol. The van der Waals surface area contributed by atoms with E-state index in [1.807, 2.05) is 31.2 Å². The summed E-state index contributed by atoms with van der Waals surface area (Å²) in [5, 5.41) is 0. The Morgan fingerprint density at radius 1 is 1.12 bits per heavy atom. The van der Waals surface area contributed by atoms with Crippen LogP contribution in [0.5, 0.6) is 0 Å². The Kier molecular flexibility index (Phi) is 4.36. The number of hydrogen-bond acceptors (Lipinski definition) is 6. The molecular formula is C18H22O6. The van der Waals surface area contributed by atoms with Crippen molar-refractivity contribution in [2.45, 2.75) is 26.1 Å². The highest BCUT2D eigenvalue weighted by molar-refractivity contribution is 6.04. The van der Waals surface area contributed by atoms with Crippen molar-refractivity contribution in [3.63, 3.8) is 0 Å². The Balaban J connectivity index is 1.89. The van der Waals surface area contributed by atoms with Crippen molar-refractivity contribution >= 4 is 11.9 Å². The zero-order valence-corrected chi connectivity index (χ0v) is 14.2. The van der Waals surface area contributed by atoms with Crippen LogP contribution in [0.25, 0.3) is 0 Å². The Bertz CT molecular complexity index is 633. The van der Waals surface area contributed by atoms with Crippen LogP contribution in [0.15, 0.2) is 24.3 Å². The molecular weight excluding hydrogens is 312 g/mol. The predicted octanol–water partition coefficient (Wildman–Crippen LogP) is 2.02. The minimum atomic E-state index is -1.24. The van der Waals surface area contributed by atoms with Crippen molar-refractivity contribution in [2.24, 2.45) is 10.8 Å². The Morgan fingerprint density at radius 2 is 1.71 bits per heavy atom. The van der Waals surface area contributed by atoms with E-state index in [1.165, 1.54) is 14.2 Å². The van der Waals surface area contributed by atoms with Crippen LogP contribution in [0.4, 0.5) is 0 Å². The van der Waals surface area contributed by atoms with Crippen LogP contribution in [0.3, 0.4) is 0 Å². The van der Waals surface area contributed by atoms with Gasteiger partial charge in [-0.15, -0.1) is 0 Å². The second kappa shape index (κ2) is 6.18. The van der Waals surface area contributed by atoms with Gasteiger partial charge in [0.1, 0.15) is 0 Å². The highest BCUT2D eigenvalue weighted by Crippen LogP contribution is 2.66. The predicted molar refractivity (Wildman–Crippen MR) is 84.0 cm³/mol. The SMILES string of the molecule is COC(=O)C1(C(=O)OC)CC1(C)Cc1ccccc1C1OCCO1. The third-order valence-electron chi connectivity index (χ3n) is 5.14. The van der Waals surface area contributed by atoms with Crippen LogP contribution in [-0.4, -0.2) is 39.4 Å². The van der Waals surface area contributed by atoms with E-state index in [1.54, 1.807) is 0 Å². The molecule has 1 unspecified atom stereocenters. The van der Waals surface area contributed by atoms with E-state index in [9.17, 15) is 9.59 Å². The van der Waals surface area contributed by atoms with Gasteiger partial charge in [0.25, 0.3) is 0 Å². The van der Waals surface area contributed by atoms with Crippen molar-refractivity contribution in [1.82, 2.24) is 0 Å². The van der Waals surface area contributed by atoms with Gasteiger partial charge in [0.2, 0.25) is 0 Å². The number of rotatable bonds is 5. The maximum absolute atomic E-state index is 12.3. The molecule has 2 aliphatic rings. The summed E-state index contributed by atoms with van der Waals surface area (Å²) in [4.78, 5) is 24.5. The average Bonchev–Trinajstić information content (AvgIpc) is 2.97. The van der Waals surface area contributed by atoms with Gasteiger partial charge in [0.05, 0.1) is 27.4 Å². The number of carbonyl (C=O) groups excluding carboxylic acids is 2. The molecule has 2 fully saturated rings. The molecule has 6 nitrogen and oxygen atoms in total. The summed E-state index contributed by atoms with van der Waals surface area (Å²) in [6.45, 7) is 3.03. The molecule has 0 bridgehead atoms. The Labute approximate surface area is 141 Å². The van der Waals surface area contributed by atoms with Gasteiger partial charge in [0, 0.05) is 11.0 Å². The first-order valence-electron chi connectivity index (χ1n) is 7.96. The van der Waals surface area contributed by atoms with Crippen LogP contribution in [0.2, 0.25) is 0 Å². The summed E-state index contributed by atoms with van der Waals surface area (Å²) >= 11 is 0. The van der Waals surface area contributed by atoms with Gasteiger partial charge in [-0.25, -0.2) is 0 Å². The molecule has 1 saturated carbocycles. The number of benzene rings is 1. The van der Waals surface area contributed by atoms with Gasteiger partial charge in [-0.1, -0.05) is 31.2 Å². The molecule has 0 spiro atoms. The van der Waals surface area contributed by atoms with Crippen LogP contribution < -0.4 is 0 Å². The summed E-state index contributed by atoms with van der Waals surface area (Å²) in [6, 6.07) is 7.78. The molecule has 1 saturated heterocycles. The van der Waals surface area contributed by atoms with Crippen LogP contribution >= 0.6 is 0 Å². The zero-order valence-electron chi connectivity index (χ0n) is 14.2. The second-order valence-electron chi connectivity index (χ2n) is 6.58. The molecule has 1 aliphatic carbocycles. The zero-order chi connectivity index (χ0) is 17.4. The number of methoxy groups -OCH3 is 2. The minimum absolute atomic E-state index is 0.394. The van der Waals surface area contributed by atoms with Crippen molar-refractivity contribution in [1.29, 1.82) is 0 Å². The van der Waals surface area contributed by atoms with Gasteiger partial charge in [-0.3, -0.25) is 9.59 Å². The van der Waals surface area contributed by atoms with E-state index in [0.717, 1.165) is 11.1 Å². The van der Waals surface area contributed by atoms with E-state index >= 15 is 0 Å². The van der Waals surface area contributed by atoms with Gasteiger partial charge >= 0.3 is 11.9 Å².